The molecule has 0 bridgehead atoms. The van der Waals surface area contributed by atoms with E-state index in [2.05, 4.69) is 103 Å². The van der Waals surface area contributed by atoms with Crippen molar-refractivity contribution in [2.75, 3.05) is 0 Å². The molecule has 6 rings (SSSR count). The van der Waals surface area contributed by atoms with Crippen LogP contribution in [0, 0.1) is 0 Å². The molecular weight excluding hydrogens is 352 g/mol. The molecular formula is C28H18O. The summed E-state index contributed by atoms with van der Waals surface area (Å²) in [5.74, 6) is 0. The SMILES string of the molecule is C(=Cc1ccc2oc3c4cc5ccccc5cc4ccc3c2c1)c1ccccc1. The summed E-state index contributed by atoms with van der Waals surface area (Å²) in [7, 11) is 0. The van der Waals surface area contributed by atoms with Gasteiger partial charge in [-0.1, -0.05) is 78.9 Å². The number of rotatable bonds is 2. The number of benzene rings is 5. The van der Waals surface area contributed by atoms with Crippen LogP contribution in [0.2, 0.25) is 0 Å². The molecule has 1 heteroatoms. The fraction of sp³-hybridized carbons (Fsp3) is 0. The third-order valence-electron chi connectivity index (χ3n) is 5.61. The van der Waals surface area contributed by atoms with Crippen molar-refractivity contribution in [2.45, 2.75) is 0 Å². The van der Waals surface area contributed by atoms with Crippen LogP contribution in [0.25, 0.3) is 55.6 Å². The van der Waals surface area contributed by atoms with E-state index < -0.39 is 0 Å². The standard InChI is InChI=1S/C28H18O/c1-2-6-19(7-3-1)10-11-20-12-15-27-26(16-20)24-14-13-23-17-21-8-4-5-9-22(21)18-25(23)28(24)29-27/h1-18H. The molecule has 0 amide bonds. The van der Waals surface area contributed by atoms with Crippen LogP contribution < -0.4 is 0 Å². The second kappa shape index (κ2) is 6.35. The lowest BCUT2D eigenvalue weighted by molar-refractivity contribution is 0.672. The van der Waals surface area contributed by atoms with Crippen LogP contribution in [0.4, 0.5) is 0 Å². The molecule has 6 aromatic rings. The van der Waals surface area contributed by atoms with E-state index in [0.717, 1.165) is 21.9 Å². The van der Waals surface area contributed by atoms with Crippen LogP contribution in [0.1, 0.15) is 11.1 Å². The molecule has 1 aromatic heterocycles. The Bertz CT molecular complexity index is 1530. The van der Waals surface area contributed by atoms with E-state index in [0.29, 0.717) is 0 Å². The van der Waals surface area contributed by atoms with Crippen molar-refractivity contribution in [1.82, 2.24) is 0 Å². The zero-order valence-corrected chi connectivity index (χ0v) is 15.8. The molecule has 1 heterocycles. The molecule has 0 fully saturated rings. The van der Waals surface area contributed by atoms with Crippen molar-refractivity contribution < 1.29 is 4.42 Å². The number of fused-ring (bicyclic) bond motifs is 6. The van der Waals surface area contributed by atoms with E-state index in [9.17, 15) is 0 Å². The predicted molar refractivity (Wildman–Crippen MR) is 124 cm³/mol. The smallest absolute Gasteiger partial charge is 0.143 e. The van der Waals surface area contributed by atoms with E-state index >= 15 is 0 Å². The normalized spacial score (nSPS) is 12.0. The highest BCUT2D eigenvalue weighted by Crippen LogP contribution is 2.36. The van der Waals surface area contributed by atoms with Crippen molar-refractivity contribution in [2.24, 2.45) is 0 Å². The predicted octanol–water partition coefficient (Wildman–Crippen LogP) is 8.06. The maximum atomic E-state index is 6.31. The topological polar surface area (TPSA) is 13.1 Å². The second-order valence-electron chi connectivity index (χ2n) is 7.46. The lowest BCUT2D eigenvalue weighted by atomic mass is 10.0. The molecule has 29 heavy (non-hydrogen) atoms. The van der Waals surface area contributed by atoms with Gasteiger partial charge in [-0.05, 0) is 57.6 Å². The fourth-order valence-electron chi connectivity index (χ4n) is 4.13. The molecule has 136 valence electrons. The third kappa shape index (κ3) is 2.71. The van der Waals surface area contributed by atoms with Gasteiger partial charge in [-0.3, -0.25) is 0 Å². The minimum Gasteiger partial charge on any atom is -0.455 e. The monoisotopic (exact) mass is 370 g/mol. The van der Waals surface area contributed by atoms with Gasteiger partial charge in [0, 0.05) is 16.2 Å². The Balaban J connectivity index is 1.54. The van der Waals surface area contributed by atoms with Gasteiger partial charge >= 0.3 is 0 Å². The zero-order valence-electron chi connectivity index (χ0n) is 15.8. The Morgan fingerprint density at radius 3 is 2.10 bits per heavy atom. The molecule has 0 saturated heterocycles. The molecule has 0 aliphatic heterocycles. The highest BCUT2D eigenvalue weighted by atomic mass is 16.3. The second-order valence-corrected chi connectivity index (χ2v) is 7.46. The summed E-state index contributed by atoms with van der Waals surface area (Å²) in [6.45, 7) is 0. The van der Waals surface area contributed by atoms with Crippen LogP contribution >= 0.6 is 0 Å². The first kappa shape index (κ1) is 16.1. The van der Waals surface area contributed by atoms with Gasteiger partial charge in [0.15, 0.2) is 0 Å². The lowest BCUT2D eigenvalue weighted by Gasteiger charge is -2.02. The van der Waals surface area contributed by atoms with E-state index in [1.165, 1.54) is 32.7 Å². The average Bonchev–Trinajstić information content (AvgIpc) is 3.15. The molecule has 0 saturated carbocycles. The number of furan rings is 1. The van der Waals surface area contributed by atoms with Crippen LogP contribution in [0.15, 0.2) is 101 Å². The largest absolute Gasteiger partial charge is 0.455 e. The van der Waals surface area contributed by atoms with E-state index in [1.807, 2.05) is 6.07 Å². The Kier molecular flexibility index (Phi) is 3.54. The average molecular weight is 370 g/mol. The van der Waals surface area contributed by atoms with Gasteiger partial charge in [0.25, 0.3) is 0 Å². The van der Waals surface area contributed by atoms with Crippen molar-refractivity contribution >= 4 is 55.6 Å². The third-order valence-corrected chi connectivity index (χ3v) is 5.61. The van der Waals surface area contributed by atoms with E-state index in [1.54, 1.807) is 0 Å². The fourth-order valence-corrected chi connectivity index (χ4v) is 4.13. The van der Waals surface area contributed by atoms with Gasteiger partial charge in [0.2, 0.25) is 0 Å². The highest BCUT2D eigenvalue weighted by Gasteiger charge is 2.11. The molecule has 0 spiro atoms. The van der Waals surface area contributed by atoms with Crippen LogP contribution in [0.5, 0.6) is 0 Å². The van der Waals surface area contributed by atoms with Crippen molar-refractivity contribution in [1.29, 1.82) is 0 Å². The summed E-state index contributed by atoms with van der Waals surface area (Å²) in [6, 6.07) is 34.1. The first-order valence-electron chi connectivity index (χ1n) is 9.86. The Morgan fingerprint density at radius 2 is 1.24 bits per heavy atom. The zero-order chi connectivity index (χ0) is 19.2. The molecule has 1 nitrogen and oxygen atoms in total. The molecule has 0 atom stereocenters. The molecule has 0 aliphatic carbocycles. The van der Waals surface area contributed by atoms with Crippen molar-refractivity contribution in [3.8, 4) is 0 Å². The minimum absolute atomic E-state index is 0.928. The van der Waals surface area contributed by atoms with E-state index in [-0.39, 0.29) is 0 Å². The summed E-state index contributed by atoms with van der Waals surface area (Å²) in [4.78, 5) is 0. The molecule has 0 unspecified atom stereocenters. The van der Waals surface area contributed by atoms with Crippen molar-refractivity contribution in [3.63, 3.8) is 0 Å². The Labute approximate surface area is 168 Å². The Morgan fingerprint density at radius 1 is 0.483 bits per heavy atom. The maximum Gasteiger partial charge on any atom is 0.143 e. The molecule has 0 N–H and O–H groups in total. The first-order valence-corrected chi connectivity index (χ1v) is 9.86. The summed E-state index contributed by atoms with van der Waals surface area (Å²) in [5, 5.41) is 7.18. The highest BCUT2D eigenvalue weighted by molar-refractivity contribution is 6.17. The quantitative estimate of drug-likeness (QED) is 0.222. The van der Waals surface area contributed by atoms with Gasteiger partial charge in [0.05, 0.1) is 0 Å². The molecule has 5 aromatic carbocycles. The lowest BCUT2D eigenvalue weighted by Crippen LogP contribution is -1.77. The van der Waals surface area contributed by atoms with Gasteiger partial charge in [-0.15, -0.1) is 0 Å². The van der Waals surface area contributed by atoms with Gasteiger partial charge in [-0.2, -0.15) is 0 Å². The number of hydrogen-bond donors (Lipinski definition) is 0. The Hall–Kier alpha value is -3.84. The van der Waals surface area contributed by atoms with E-state index in [4.69, 9.17) is 4.42 Å². The molecule has 0 aliphatic rings. The summed E-state index contributed by atoms with van der Waals surface area (Å²) in [6.07, 6.45) is 4.30. The van der Waals surface area contributed by atoms with Crippen molar-refractivity contribution in [3.05, 3.63) is 108 Å². The van der Waals surface area contributed by atoms with Crippen LogP contribution in [-0.4, -0.2) is 0 Å². The van der Waals surface area contributed by atoms with Gasteiger partial charge in [0.1, 0.15) is 11.2 Å². The van der Waals surface area contributed by atoms with Gasteiger partial charge in [-0.25, -0.2) is 0 Å². The van der Waals surface area contributed by atoms with Gasteiger partial charge < -0.3 is 4.42 Å². The van der Waals surface area contributed by atoms with Crippen LogP contribution in [-0.2, 0) is 0 Å². The summed E-state index contributed by atoms with van der Waals surface area (Å²) >= 11 is 0. The number of hydrogen-bond acceptors (Lipinski definition) is 1. The van der Waals surface area contributed by atoms with Crippen LogP contribution in [0.3, 0.4) is 0 Å². The first-order chi connectivity index (χ1) is 14.3. The summed E-state index contributed by atoms with van der Waals surface area (Å²) < 4.78 is 6.31. The maximum absolute atomic E-state index is 6.31. The summed E-state index contributed by atoms with van der Waals surface area (Å²) in [5.41, 5.74) is 4.26. The molecule has 0 radical (unpaired) electrons. The minimum atomic E-state index is 0.928.